The number of para-hydroxylation sites is 1. The number of aliphatic hydroxyl groups excluding tert-OH is 1. The van der Waals surface area contributed by atoms with E-state index in [0.717, 1.165) is 0 Å². The Kier molecular flexibility index (Phi) is 2.57. The van der Waals surface area contributed by atoms with E-state index in [2.05, 4.69) is 5.11 Å². The van der Waals surface area contributed by atoms with Crippen LogP contribution in [0.25, 0.3) is 0 Å². The Balaban J connectivity index is 2.85. The van der Waals surface area contributed by atoms with Gasteiger partial charge in [0.1, 0.15) is 0 Å². The molecule has 0 atom stereocenters. The van der Waals surface area contributed by atoms with Crippen LogP contribution in [0.5, 0.6) is 0 Å². The third-order valence-electron chi connectivity index (χ3n) is 1.17. The molecule has 0 unspecified atom stereocenters. The van der Waals surface area contributed by atoms with Crippen LogP contribution in [0, 0.1) is 5.21 Å². The fraction of sp³-hybridized carbons (Fsp3) is 0.143. The van der Waals surface area contributed by atoms with Crippen molar-refractivity contribution in [3.63, 3.8) is 0 Å². The van der Waals surface area contributed by atoms with E-state index in [9.17, 15) is 5.21 Å². The van der Waals surface area contributed by atoms with E-state index in [1.54, 1.807) is 30.3 Å². The highest BCUT2D eigenvalue weighted by molar-refractivity contribution is 5.27. The van der Waals surface area contributed by atoms with Crippen molar-refractivity contribution in [1.82, 2.24) is 0 Å². The van der Waals surface area contributed by atoms with E-state index in [1.807, 2.05) is 0 Å². The Labute approximate surface area is 64.0 Å². The lowest BCUT2D eigenvalue weighted by atomic mass is 10.3. The lowest BCUT2D eigenvalue weighted by Crippen LogP contribution is -1.92. The lowest BCUT2D eigenvalue weighted by molar-refractivity contribution is -0.446. The molecule has 1 aromatic rings. The second-order valence-electron chi connectivity index (χ2n) is 1.89. The van der Waals surface area contributed by atoms with Crippen LogP contribution in [0.1, 0.15) is 0 Å². The van der Waals surface area contributed by atoms with E-state index < -0.39 is 6.73 Å². The van der Waals surface area contributed by atoms with Crippen LogP contribution in [0.4, 0.5) is 5.69 Å². The summed E-state index contributed by atoms with van der Waals surface area (Å²) < 4.78 is 0. The highest BCUT2D eigenvalue weighted by Gasteiger charge is 1.97. The zero-order chi connectivity index (χ0) is 8.10. The van der Waals surface area contributed by atoms with E-state index >= 15 is 0 Å². The minimum Gasteiger partial charge on any atom is -0.594 e. The molecule has 4 heteroatoms. The number of aliphatic hydroxyl groups is 1. The molecular formula is C7H8N2O2. The summed E-state index contributed by atoms with van der Waals surface area (Å²) in [6.07, 6.45) is 0. The molecular weight excluding hydrogens is 144 g/mol. The largest absolute Gasteiger partial charge is 0.594 e. The molecule has 0 saturated carbocycles. The summed E-state index contributed by atoms with van der Waals surface area (Å²) in [7, 11) is 0. The van der Waals surface area contributed by atoms with Crippen molar-refractivity contribution in [2.45, 2.75) is 0 Å². The Morgan fingerprint density at radius 2 is 2.00 bits per heavy atom. The molecule has 0 aromatic heterocycles. The maximum atomic E-state index is 10.8. The van der Waals surface area contributed by atoms with Gasteiger partial charge in [-0.2, -0.15) is 0 Å². The lowest BCUT2D eigenvalue weighted by Gasteiger charge is -1.96. The highest BCUT2D eigenvalue weighted by Crippen LogP contribution is 2.08. The number of hydrogen-bond donors (Lipinski definition) is 1. The predicted octanol–water partition coefficient (Wildman–Crippen LogP) is 1.23. The van der Waals surface area contributed by atoms with Crippen molar-refractivity contribution in [3.8, 4) is 0 Å². The number of benzene rings is 1. The van der Waals surface area contributed by atoms with E-state index in [4.69, 9.17) is 5.11 Å². The molecule has 4 nitrogen and oxygen atoms in total. The van der Waals surface area contributed by atoms with Gasteiger partial charge >= 0.3 is 0 Å². The fourth-order valence-corrected chi connectivity index (χ4v) is 0.695. The van der Waals surface area contributed by atoms with Gasteiger partial charge in [0.05, 0.1) is 0 Å². The molecule has 0 aliphatic carbocycles. The first kappa shape index (κ1) is 7.68. The molecule has 0 spiro atoms. The van der Waals surface area contributed by atoms with E-state index in [-0.39, 0.29) is 0 Å². The minimum absolute atomic E-state index is 0.389. The molecule has 1 N–H and O–H groups in total. The van der Waals surface area contributed by atoms with Gasteiger partial charge in [-0.25, -0.2) is 0 Å². The van der Waals surface area contributed by atoms with Crippen molar-refractivity contribution < 1.29 is 9.97 Å². The molecule has 0 amide bonds. The molecule has 1 aromatic carbocycles. The van der Waals surface area contributed by atoms with Gasteiger partial charge < -0.3 is 10.3 Å². The predicted molar refractivity (Wildman–Crippen MR) is 39.2 cm³/mol. The summed E-state index contributed by atoms with van der Waals surface area (Å²) in [4.78, 5) is 0.389. The highest BCUT2D eigenvalue weighted by atomic mass is 16.5. The molecule has 0 heterocycles. The number of rotatable bonds is 2. The van der Waals surface area contributed by atoms with Crippen molar-refractivity contribution in [1.29, 1.82) is 0 Å². The third kappa shape index (κ3) is 2.01. The standard InChI is InChI=1S/C7H8N2O2/c10-6-8-9(11)7-4-2-1-3-5-7/h1-5,10H,6H2. The fourth-order valence-electron chi connectivity index (χ4n) is 0.695. The van der Waals surface area contributed by atoms with Gasteiger partial charge in [0.15, 0.2) is 6.73 Å². The van der Waals surface area contributed by atoms with Gasteiger partial charge in [-0.05, 0) is 0 Å². The average molecular weight is 152 g/mol. The zero-order valence-electron chi connectivity index (χ0n) is 5.84. The minimum atomic E-state index is -0.488. The Hall–Kier alpha value is -1.42. The second kappa shape index (κ2) is 3.68. The number of nitrogens with zero attached hydrogens (tertiary/aromatic N) is 2. The van der Waals surface area contributed by atoms with Crippen LogP contribution < -0.4 is 0 Å². The summed E-state index contributed by atoms with van der Waals surface area (Å²) in [6.45, 7) is -0.488. The van der Waals surface area contributed by atoms with Crippen molar-refractivity contribution in [2.24, 2.45) is 5.11 Å². The van der Waals surface area contributed by atoms with Crippen LogP contribution in [0.2, 0.25) is 0 Å². The van der Waals surface area contributed by atoms with Crippen molar-refractivity contribution in [2.75, 3.05) is 6.73 Å². The molecule has 0 aliphatic rings. The summed E-state index contributed by atoms with van der Waals surface area (Å²) in [5.74, 6) is 0. The normalized spacial score (nSPS) is 11.5. The number of azo groups is 1. The van der Waals surface area contributed by atoms with Crippen LogP contribution >= 0.6 is 0 Å². The molecule has 0 bridgehead atoms. The van der Waals surface area contributed by atoms with Gasteiger partial charge in [-0.15, -0.1) is 0 Å². The molecule has 58 valence electrons. The number of hydrogen-bond acceptors (Lipinski definition) is 3. The van der Waals surface area contributed by atoms with Crippen molar-refractivity contribution >= 4 is 5.69 Å². The first-order valence-electron chi connectivity index (χ1n) is 3.15. The topological polar surface area (TPSA) is 58.7 Å². The Morgan fingerprint density at radius 1 is 1.36 bits per heavy atom. The Bertz CT molecular complexity index is 246. The quantitative estimate of drug-likeness (QED) is 0.393. The van der Waals surface area contributed by atoms with Crippen LogP contribution in [-0.2, 0) is 0 Å². The van der Waals surface area contributed by atoms with Gasteiger partial charge in [0, 0.05) is 17.2 Å². The second-order valence-corrected chi connectivity index (χ2v) is 1.89. The molecule has 0 radical (unpaired) electrons. The first-order chi connectivity index (χ1) is 5.34. The van der Waals surface area contributed by atoms with Gasteiger partial charge in [-0.3, -0.25) is 0 Å². The summed E-state index contributed by atoms with van der Waals surface area (Å²) in [5, 5.41) is 22.4. The first-order valence-corrected chi connectivity index (χ1v) is 3.15. The van der Waals surface area contributed by atoms with Gasteiger partial charge in [0.25, 0.3) is 0 Å². The maximum absolute atomic E-state index is 10.8. The van der Waals surface area contributed by atoms with Crippen LogP contribution in [0.15, 0.2) is 35.4 Å². The van der Waals surface area contributed by atoms with Crippen LogP contribution in [0.3, 0.4) is 0 Å². The third-order valence-corrected chi connectivity index (χ3v) is 1.17. The van der Waals surface area contributed by atoms with Crippen molar-refractivity contribution in [3.05, 3.63) is 35.5 Å². The molecule has 0 fully saturated rings. The SMILES string of the molecule is [O-][N+](=NCO)c1ccccc1. The zero-order valence-corrected chi connectivity index (χ0v) is 5.84. The van der Waals surface area contributed by atoms with Gasteiger partial charge in [0.2, 0.25) is 5.69 Å². The van der Waals surface area contributed by atoms with E-state index in [0.29, 0.717) is 10.5 Å². The molecule has 1 rings (SSSR count). The summed E-state index contributed by atoms with van der Waals surface area (Å²) >= 11 is 0. The molecule has 0 aliphatic heterocycles. The van der Waals surface area contributed by atoms with Crippen LogP contribution in [-0.4, -0.2) is 16.7 Å². The van der Waals surface area contributed by atoms with E-state index in [1.165, 1.54) is 0 Å². The van der Waals surface area contributed by atoms with Gasteiger partial charge in [-0.1, -0.05) is 23.1 Å². The smallest absolute Gasteiger partial charge is 0.244 e. The maximum Gasteiger partial charge on any atom is 0.244 e. The summed E-state index contributed by atoms with van der Waals surface area (Å²) in [5.41, 5.74) is 0.418. The Morgan fingerprint density at radius 3 is 2.55 bits per heavy atom. The average Bonchev–Trinajstić information content (AvgIpc) is 2.07. The monoisotopic (exact) mass is 152 g/mol. The molecule has 11 heavy (non-hydrogen) atoms. The molecule has 0 saturated heterocycles. The summed E-state index contributed by atoms with van der Waals surface area (Å²) in [6, 6.07) is 8.49.